The Morgan fingerprint density at radius 1 is 1.17 bits per heavy atom. The molecule has 0 bridgehead atoms. The molecule has 0 fully saturated rings. The second-order valence-electron chi connectivity index (χ2n) is 8.98. The zero-order valence-electron chi connectivity index (χ0n) is 22.0. The van der Waals surface area contributed by atoms with Gasteiger partial charge in [-0.2, -0.15) is 0 Å². The van der Waals surface area contributed by atoms with E-state index in [9.17, 15) is 9.59 Å². The number of para-hydroxylation sites is 1. The van der Waals surface area contributed by atoms with Gasteiger partial charge in [-0.3, -0.25) is 14.2 Å². The van der Waals surface area contributed by atoms with Gasteiger partial charge in [0.2, 0.25) is 0 Å². The minimum atomic E-state index is -0.722. The molecule has 0 aliphatic carbocycles. The Morgan fingerprint density at radius 2 is 1.95 bits per heavy atom. The number of fused-ring (bicyclic) bond motifs is 1. The Hall–Kier alpha value is -3.41. The summed E-state index contributed by atoms with van der Waals surface area (Å²) in [5.74, 6) is 3.39. The van der Waals surface area contributed by atoms with E-state index in [0.717, 1.165) is 18.3 Å². The van der Waals surface area contributed by atoms with E-state index in [4.69, 9.17) is 20.9 Å². The molecule has 41 heavy (non-hydrogen) atoms. The first-order valence-electron chi connectivity index (χ1n) is 12.4. The van der Waals surface area contributed by atoms with Gasteiger partial charge in [0, 0.05) is 14.8 Å². The van der Waals surface area contributed by atoms with Gasteiger partial charge in [0.15, 0.2) is 4.80 Å². The summed E-state index contributed by atoms with van der Waals surface area (Å²) in [6.45, 7) is 1.89. The molecular weight excluding hydrogens is 764 g/mol. The number of carbonyl (C=O) groups is 1. The lowest BCUT2D eigenvalue weighted by molar-refractivity contribution is -0.113. The van der Waals surface area contributed by atoms with Crippen molar-refractivity contribution in [3.63, 3.8) is 0 Å². The number of terminal acetylenes is 1. The van der Waals surface area contributed by atoms with E-state index < -0.39 is 6.04 Å². The van der Waals surface area contributed by atoms with Gasteiger partial charge < -0.3 is 14.8 Å². The molecule has 0 spiro atoms. The fourth-order valence-electron chi connectivity index (χ4n) is 4.55. The number of halogens is 2. The van der Waals surface area contributed by atoms with Gasteiger partial charge >= 0.3 is 0 Å². The lowest BCUT2D eigenvalue weighted by Gasteiger charge is -2.25. The van der Waals surface area contributed by atoms with Crippen LogP contribution in [0.1, 0.15) is 24.1 Å². The van der Waals surface area contributed by atoms with Crippen molar-refractivity contribution in [2.45, 2.75) is 13.0 Å². The lowest BCUT2D eigenvalue weighted by atomic mass is 9.95. The Bertz CT molecular complexity index is 1910. The zero-order valence-corrected chi connectivity index (χ0v) is 27.1. The standard InChI is InChI=1S/C31H23I2N3O4S/c1-4-13-40-28-20(14-21(32)17-24(28)33)16-25-30(38)36-27(19-9-8-12-23(15-19)39-3)26(18(2)34-31(36)41-25)29(37)35-22-10-6-5-7-11-22/h1,5-12,14-17,27H,13H2,2-3H3,(H,35,37)/b25-16-/t27-/m0/s1. The van der Waals surface area contributed by atoms with Crippen LogP contribution in [0.4, 0.5) is 5.69 Å². The van der Waals surface area contributed by atoms with Crippen LogP contribution in [0.3, 0.4) is 0 Å². The second kappa shape index (κ2) is 12.6. The van der Waals surface area contributed by atoms with E-state index in [1.807, 2.05) is 66.7 Å². The van der Waals surface area contributed by atoms with Crippen molar-refractivity contribution in [1.29, 1.82) is 0 Å². The summed E-state index contributed by atoms with van der Waals surface area (Å²) in [4.78, 5) is 33.1. The third-order valence-electron chi connectivity index (χ3n) is 6.33. The number of aromatic nitrogens is 1. The number of methoxy groups -OCH3 is 1. The Kier molecular flexibility index (Phi) is 8.96. The number of rotatable bonds is 7. The fraction of sp³-hybridized carbons (Fsp3) is 0.129. The highest BCUT2D eigenvalue weighted by Crippen LogP contribution is 2.33. The zero-order chi connectivity index (χ0) is 29.1. The van der Waals surface area contributed by atoms with Gasteiger partial charge in [-0.1, -0.05) is 47.6 Å². The topological polar surface area (TPSA) is 81.9 Å². The first-order valence-corrected chi connectivity index (χ1v) is 15.4. The van der Waals surface area contributed by atoms with Gasteiger partial charge in [-0.05, 0) is 100 Å². The fourth-order valence-corrected chi connectivity index (χ4v) is 7.64. The predicted octanol–water partition coefficient (Wildman–Crippen LogP) is 5.10. The average molecular weight is 787 g/mol. The Labute approximate surface area is 267 Å². The highest BCUT2D eigenvalue weighted by Gasteiger charge is 2.33. The van der Waals surface area contributed by atoms with Crippen LogP contribution in [0, 0.1) is 19.5 Å². The molecule has 0 radical (unpaired) electrons. The molecule has 0 saturated carbocycles. The number of hydrogen-bond acceptors (Lipinski definition) is 6. The second-order valence-corrected chi connectivity index (χ2v) is 12.4. The van der Waals surface area contributed by atoms with Crippen LogP contribution in [0.25, 0.3) is 6.08 Å². The maximum Gasteiger partial charge on any atom is 0.271 e. The van der Waals surface area contributed by atoms with Crippen molar-refractivity contribution in [2.24, 2.45) is 4.99 Å². The number of nitrogens with zero attached hydrogens (tertiary/aromatic N) is 2. The van der Waals surface area contributed by atoms with Crippen LogP contribution in [-0.4, -0.2) is 24.2 Å². The molecule has 0 saturated heterocycles. The van der Waals surface area contributed by atoms with Crippen molar-refractivity contribution in [1.82, 2.24) is 4.57 Å². The lowest BCUT2D eigenvalue weighted by Crippen LogP contribution is -2.40. The van der Waals surface area contributed by atoms with Crippen LogP contribution >= 0.6 is 56.5 Å². The number of carbonyl (C=O) groups excluding carboxylic acids is 1. The van der Waals surface area contributed by atoms with Crippen molar-refractivity contribution < 1.29 is 14.3 Å². The maximum absolute atomic E-state index is 14.1. The van der Waals surface area contributed by atoms with Crippen molar-refractivity contribution in [3.8, 4) is 23.8 Å². The quantitative estimate of drug-likeness (QED) is 0.209. The summed E-state index contributed by atoms with van der Waals surface area (Å²) >= 11 is 5.69. The number of thiazole rings is 1. The van der Waals surface area contributed by atoms with Crippen LogP contribution in [-0.2, 0) is 4.79 Å². The molecule has 3 aromatic carbocycles. The molecule has 5 rings (SSSR count). The van der Waals surface area contributed by atoms with Gasteiger partial charge in [0.1, 0.15) is 18.1 Å². The van der Waals surface area contributed by atoms with Crippen LogP contribution in [0.15, 0.2) is 87.8 Å². The van der Waals surface area contributed by atoms with E-state index in [-0.39, 0.29) is 18.1 Å². The highest BCUT2D eigenvalue weighted by atomic mass is 127. The van der Waals surface area contributed by atoms with E-state index in [0.29, 0.717) is 37.8 Å². The molecule has 2 heterocycles. The van der Waals surface area contributed by atoms with Crippen LogP contribution in [0.5, 0.6) is 11.5 Å². The highest BCUT2D eigenvalue weighted by molar-refractivity contribution is 14.1. The summed E-state index contributed by atoms with van der Waals surface area (Å²) in [7, 11) is 1.58. The van der Waals surface area contributed by atoms with Crippen molar-refractivity contribution >= 4 is 74.2 Å². The summed E-state index contributed by atoms with van der Waals surface area (Å²) in [5, 5.41) is 2.96. The summed E-state index contributed by atoms with van der Waals surface area (Å²) in [6.07, 6.45) is 7.24. The third-order valence-corrected chi connectivity index (χ3v) is 8.74. The average Bonchev–Trinajstić information content (AvgIpc) is 3.26. The van der Waals surface area contributed by atoms with Gasteiger partial charge in [-0.15, -0.1) is 6.42 Å². The summed E-state index contributed by atoms with van der Waals surface area (Å²) < 4.78 is 15.2. The SMILES string of the molecule is C#CCOc1c(I)cc(I)cc1/C=c1\sc2n(c1=O)[C@@H](c1cccc(OC)c1)C(C(=O)Nc1ccccc1)=C(C)N=2. The molecule has 10 heteroatoms. The summed E-state index contributed by atoms with van der Waals surface area (Å²) in [5.41, 5.74) is 2.75. The monoisotopic (exact) mass is 787 g/mol. The Morgan fingerprint density at radius 3 is 2.68 bits per heavy atom. The number of ether oxygens (including phenoxy) is 2. The molecule has 1 atom stereocenters. The van der Waals surface area contributed by atoms with Crippen molar-refractivity contribution in [2.75, 3.05) is 19.0 Å². The van der Waals surface area contributed by atoms with Gasteiger partial charge in [-0.25, -0.2) is 4.99 Å². The normalized spacial score (nSPS) is 14.6. The smallest absolute Gasteiger partial charge is 0.271 e. The molecule has 1 amide bonds. The van der Waals surface area contributed by atoms with E-state index in [1.165, 1.54) is 11.3 Å². The van der Waals surface area contributed by atoms with E-state index in [1.54, 1.807) is 24.7 Å². The molecule has 1 aliphatic rings. The van der Waals surface area contributed by atoms with E-state index in [2.05, 4.69) is 56.4 Å². The number of anilines is 1. The third kappa shape index (κ3) is 6.12. The molecule has 4 aromatic rings. The molecule has 206 valence electrons. The van der Waals surface area contributed by atoms with Gasteiger partial charge in [0.05, 0.1) is 32.5 Å². The van der Waals surface area contributed by atoms with Crippen molar-refractivity contribution in [3.05, 3.63) is 116 Å². The first-order chi connectivity index (χ1) is 19.8. The number of amides is 1. The first kappa shape index (κ1) is 29.1. The molecule has 7 nitrogen and oxygen atoms in total. The molecule has 1 N–H and O–H groups in total. The number of benzene rings is 3. The molecule has 0 unspecified atom stereocenters. The van der Waals surface area contributed by atoms with Crippen LogP contribution in [0.2, 0.25) is 0 Å². The number of nitrogens with one attached hydrogen (secondary N) is 1. The largest absolute Gasteiger partial charge is 0.497 e. The van der Waals surface area contributed by atoms with Crippen LogP contribution < -0.4 is 29.7 Å². The summed E-state index contributed by atoms with van der Waals surface area (Å²) in [6, 6.07) is 19.8. The van der Waals surface area contributed by atoms with E-state index >= 15 is 0 Å². The minimum absolute atomic E-state index is 0.105. The predicted molar refractivity (Wildman–Crippen MR) is 178 cm³/mol. The Balaban J connectivity index is 1.70. The molecular formula is C31H23I2N3O4S. The van der Waals surface area contributed by atoms with Gasteiger partial charge in [0.25, 0.3) is 11.5 Å². The molecule has 1 aromatic heterocycles. The minimum Gasteiger partial charge on any atom is -0.497 e. The number of allylic oxidation sites excluding steroid dienone is 1. The maximum atomic E-state index is 14.1. The molecule has 1 aliphatic heterocycles. The number of hydrogen-bond donors (Lipinski definition) is 1.